The number of nitrogens with one attached hydrogen (secondary N) is 1. The highest BCUT2D eigenvalue weighted by Gasteiger charge is 2.59. The molecule has 0 aromatic rings. The second-order valence-corrected chi connectivity index (χ2v) is 8.21. The van der Waals surface area contributed by atoms with Crippen LogP contribution in [0.5, 0.6) is 0 Å². The van der Waals surface area contributed by atoms with Crippen molar-refractivity contribution in [1.29, 1.82) is 0 Å². The molecule has 0 aromatic carbocycles. The van der Waals surface area contributed by atoms with E-state index in [9.17, 15) is 9.90 Å². The molecule has 2 fully saturated rings. The Morgan fingerprint density at radius 2 is 2.21 bits per heavy atom. The largest absolute Gasteiger partial charge is 0.461 e. The zero-order valence-corrected chi connectivity index (χ0v) is 15.4. The molecule has 24 heavy (non-hydrogen) atoms. The third-order valence-electron chi connectivity index (χ3n) is 6.89. The van der Waals surface area contributed by atoms with Gasteiger partial charge in [0.25, 0.3) is 0 Å². The average Bonchev–Trinajstić information content (AvgIpc) is 2.86. The molecule has 0 radical (unpaired) electrons. The van der Waals surface area contributed by atoms with E-state index in [2.05, 4.69) is 32.2 Å². The molecule has 4 nitrogen and oxygen atoms in total. The molecule has 0 bridgehead atoms. The minimum absolute atomic E-state index is 0.0705. The average molecular weight is 335 g/mol. The lowest BCUT2D eigenvalue weighted by molar-refractivity contribution is -0.144. The van der Waals surface area contributed by atoms with Crippen molar-refractivity contribution in [3.63, 3.8) is 0 Å². The van der Waals surface area contributed by atoms with Crippen LogP contribution in [0.1, 0.15) is 59.3 Å². The highest BCUT2D eigenvalue weighted by atomic mass is 16.6. The number of ether oxygens (including phenoxy) is 1. The standard InChI is InChI=1S/C20H33NO3/c1-4-5-6-10-21-12-15-17-16(24-19(15)23)11-14-9-7-8-13(2)20(14,3)18(17)22/h9,13,15-18,21-22H,4-8,10-12H2,1-3H3. The van der Waals surface area contributed by atoms with Crippen LogP contribution < -0.4 is 5.32 Å². The molecular formula is C20H33NO3. The van der Waals surface area contributed by atoms with Gasteiger partial charge in [0.2, 0.25) is 0 Å². The van der Waals surface area contributed by atoms with Gasteiger partial charge < -0.3 is 15.2 Å². The molecule has 3 rings (SSSR count). The minimum atomic E-state index is -0.494. The number of carbonyl (C=O) groups is 1. The SMILES string of the molecule is CCCCCNCC1C(=O)OC2CC3=CCCC(C)C3(C)C(O)C21. The number of fused-ring (bicyclic) bond motifs is 2. The van der Waals surface area contributed by atoms with Crippen molar-refractivity contribution >= 4 is 5.97 Å². The van der Waals surface area contributed by atoms with E-state index in [1.54, 1.807) is 0 Å². The van der Waals surface area contributed by atoms with Crippen molar-refractivity contribution in [1.82, 2.24) is 5.32 Å². The summed E-state index contributed by atoms with van der Waals surface area (Å²) in [7, 11) is 0. The van der Waals surface area contributed by atoms with Gasteiger partial charge in [-0.1, -0.05) is 45.3 Å². The third-order valence-corrected chi connectivity index (χ3v) is 6.89. The maximum atomic E-state index is 12.4. The van der Waals surface area contributed by atoms with Crippen LogP contribution in [0.2, 0.25) is 0 Å². The number of hydrogen-bond donors (Lipinski definition) is 2. The zero-order valence-electron chi connectivity index (χ0n) is 15.4. The van der Waals surface area contributed by atoms with E-state index in [0.717, 1.165) is 32.2 Å². The van der Waals surface area contributed by atoms with Gasteiger partial charge in [-0.3, -0.25) is 4.79 Å². The van der Waals surface area contributed by atoms with E-state index >= 15 is 0 Å². The number of aliphatic hydroxyl groups is 1. The topological polar surface area (TPSA) is 58.6 Å². The number of esters is 1. The fourth-order valence-electron chi connectivity index (χ4n) is 5.05. The molecule has 6 atom stereocenters. The minimum Gasteiger partial charge on any atom is -0.461 e. The predicted molar refractivity (Wildman–Crippen MR) is 94.5 cm³/mol. The summed E-state index contributed by atoms with van der Waals surface area (Å²) < 4.78 is 5.68. The summed E-state index contributed by atoms with van der Waals surface area (Å²) in [6, 6.07) is 0. The summed E-state index contributed by atoms with van der Waals surface area (Å²) in [5, 5.41) is 14.6. The first-order chi connectivity index (χ1) is 11.5. The molecule has 136 valence electrons. The first-order valence-corrected chi connectivity index (χ1v) is 9.78. The fourth-order valence-corrected chi connectivity index (χ4v) is 5.05. The number of rotatable bonds is 6. The van der Waals surface area contributed by atoms with Crippen molar-refractivity contribution < 1.29 is 14.6 Å². The van der Waals surface area contributed by atoms with Crippen molar-refractivity contribution in [2.75, 3.05) is 13.1 Å². The Hall–Kier alpha value is -0.870. The van der Waals surface area contributed by atoms with Gasteiger partial charge in [-0.15, -0.1) is 0 Å². The maximum Gasteiger partial charge on any atom is 0.311 e. The molecule has 6 unspecified atom stereocenters. The summed E-state index contributed by atoms with van der Waals surface area (Å²) in [5.41, 5.74) is 1.10. The van der Waals surface area contributed by atoms with Gasteiger partial charge in [0, 0.05) is 24.3 Å². The molecule has 2 N–H and O–H groups in total. The van der Waals surface area contributed by atoms with Gasteiger partial charge in [-0.25, -0.2) is 0 Å². The Balaban J connectivity index is 1.72. The molecule has 1 heterocycles. The molecule has 0 spiro atoms. The van der Waals surface area contributed by atoms with Gasteiger partial charge in [-0.2, -0.15) is 0 Å². The van der Waals surface area contributed by atoms with Crippen LogP contribution in [0.3, 0.4) is 0 Å². The molecule has 0 aromatic heterocycles. The van der Waals surface area contributed by atoms with E-state index in [1.165, 1.54) is 18.4 Å². The molecule has 1 aliphatic heterocycles. The van der Waals surface area contributed by atoms with E-state index in [1.807, 2.05) is 0 Å². The van der Waals surface area contributed by atoms with Crippen LogP contribution in [0.25, 0.3) is 0 Å². The highest BCUT2D eigenvalue weighted by Crippen LogP contribution is 2.55. The normalized spacial score (nSPS) is 41.4. The Morgan fingerprint density at radius 1 is 1.42 bits per heavy atom. The van der Waals surface area contributed by atoms with E-state index in [-0.39, 0.29) is 29.3 Å². The summed E-state index contributed by atoms with van der Waals surface area (Å²) >= 11 is 0. The lowest BCUT2D eigenvalue weighted by Crippen LogP contribution is -2.54. The molecule has 0 amide bonds. The Labute approximate surface area is 146 Å². The van der Waals surface area contributed by atoms with Crippen LogP contribution in [-0.2, 0) is 9.53 Å². The summed E-state index contributed by atoms with van der Waals surface area (Å²) in [4.78, 5) is 12.4. The Bertz CT molecular complexity index is 503. The smallest absolute Gasteiger partial charge is 0.311 e. The summed E-state index contributed by atoms with van der Waals surface area (Å²) in [5.74, 6) is 0.0443. The third kappa shape index (κ3) is 2.92. The van der Waals surface area contributed by atoms with Gasteiger partial charge in [0.1, 0.15) is 6.10 Å². The second kappa shape index (κ2) is 7.17. The van der Waals surface area contributed by atoms with Crippen molar-refractivity contribution in [3.05, 3.63) is 11.6 Å². The van der Waals surface area contributed by atoms with Gasteiger partial charge in [0.05, 0.1) is 12.0 Å². The quantitative estimate of drug-likeness (QED) is 0.445. The molecule has 2 aliphatic carbocycles. The first-order valence-electron chi connectivity index (χ1n) is 9.78. The second-order valence-electron chi connectivity index (χ2n) is 8.21. The zero-order chi connectivity index (χ0) is 17.3. The van der Waals surface area contributed by atoms with Gasteiger partial charge in [0.15, 0.2) is 0 Å². The van der Waals surface area contributed by atoms with Crippen LogP contribution in [0.4, 0.5) is 0 Å². The number of allylic oxidation sites excluding steroid dienone is 1. The lowest BCUT2D eigenvalue weighted by atomic mass is 9.55. The van der Waals surface area contributed by atoms with Crippen LogP contribution in [0.15, 0.2) is 11.6 Å². The molecule has 4 heteroatoms. The van der Waals surface area contributed by atoms with E-state index < -0.39 is 6.10 Å². The van der Waals surface area contributed by atoms with Crippen LogP contribution >= 0.6 is 0 Å². The molecule has 3 aliphatic rings. The summed E-state index contributed by atoms with van der Waals surface area (Å²) in [6.07, 6.45) is 8.19. The van der Waals surface area contributed by atoms with Crippen molar-refractivity contribution in [2.45, 2.75) is 71.5 Å². The summed E-state index contributed by atoms with van der Waals surface area (Å²) in [6.45, 7) is 8.19. The van der Waals surface area contributed by atoms with Crippen molar-refractivity contribution in [3.8, 4) is 0 Å². The van der Waals surface area contributed by atoms with Gasteiger partial charge in [-0.05, 0) is 31.7 Å². The molecular weight excluding hydrogens is 302 g/mol. The monoisotopic (exact) mass is 335 g/mol. The number of hydrogen-bond acceptors (Lipinski definition) is 4. The van der Waals surface area contributed by atoms with Crippen LogP contribution in [0, 0.1) is 23.2 Å². The highest BCUT2D eigenvalue weighted by molar-refractivity contribution is 5.76. The maximum absolute atomic E-state index is 12.4. The molecule has 1 saturated carbocycles. The van der Waals surface area contributed by atoms with E-state index in [4.69, 9.17) is 4.74 Å². The fraction of sp³-hybridized carbons (Fsp3) is 0.850. The van der Waals surface area contributed by atoms with Gasteiger partial charge >= 0.3 is 5.97 Å². The van der Waals surface area contributed by atoms with Crippen molar-refractivity contribution in [2.24, 2.45) is 23.2 Å². The number of carbonyl (C=O) groups excluding carboxylic acids is 1. The lowest BCUT2D eigenvalue weighted by Gasteiger charge is -2.51. The Kier molecular flexibility index (Phi) is 5.36. The number of aliphatic hydroxyl groups excluding tert-OH is 1. The first kappa shape index (κ1) is 17.9. The Morgan fingerprint density at radius 3 is 2.96 bits per heavy atom. The predicted octanol–water partition coefficient (Wildman–Crippen LogP) is 3.05. The van der Waals surface area contributed by atoms with Crippen LogP contribution in [-0.4, -0.2) is 36.4 Å². The molecule has 1 saturated heterocycles. The number of unbranched alkanes of at least 4 members (excludes halogenated alkanes) is 2. The van der Waals surface area contributed by atoms with E-state index in [0.29, 0.717) is 12.5 Å².